The van der Waals surface area contributed by atoms with Crippen LogP contribution in [-0.2, 0) is 0 Å². The molecule has 1 aromatic rings. The molecular formula is C15H22F2N2O3. The van der Waals surface area contributed by atoms with Gasteiger partial charge in [-0.1, -0.05) is 0 Å². The van der Waals surface area contributed by atoms with Crippen molar-refractivity contribution in [1.29, 1.82) is 0 Å². The van der Waals surface area contributed by atoms with Crippen LogP contribution in [0.4, 0.5) is 13.6 Å². The molecule has 7 heteroatoms. The molecule has 1 rings (SSSR count). The minimum atomic E-state index is -0.985. The predicted molar refractivity (Wildman–Crippen MR) is 78.8 cm³/mol. The molecule has 0 aromatic heterocycles. The van der Waals surface area contributed by atoms with Crippen molar-refractivity contribution in [3.8, 4) is 5.75 Å². The summed E-state index contributed by atoms with van der Waals surface area (Å²) in [5.74, 6) is -1.54. The highest BCUT2D eigenvalue weighted by molar-refractivity contribution is 5.74. The first-order valence-electron chi connectivity index (χ1n) is 7.06. The lowest BCUT2D eigenvalue weighted by Gasteiger charge is -2.28. The summed E-state index contributed by atoms with van der Waals surface area (Å²) >= 11 is 0. The minimum Gasteiger partial charge on any atom is -0.489 e. The number of nitrogens with zero attached hydrogens (tertiary/aromatic N) is 1. The fourth-order valence-electron chi connectivity index (χ4n) is 1.82. The Hall–Kier alpha value is -1.89. The number of hydrogen-bond acceptors (Lipinski definition) is 3. The van der Waals surface area contributed by atoms with Gasteiger partial charge in [0.1, 0.15) is 12.4 Å². The van der Waals surface area contributed by atoms with Crippen LogP contribution in [0.15, 0.2) is 18.2 Å². The molecule has 0 unspecified atom stereocenters. The minimum absolute atomic E-state index is 0.0500. The molecule has 0 heterocycles. The molecule has 0 bridgehead atoms. The highest BCUT2D eigenvalue weighted by Crippen LogP contribution is 2.17. The van der Waals surface area contributed by atoms with E-state index >= 15 is 0 Å². The third-order valence-electron chi connectivity index (χ3n) is 2.78. The molecule has 0 aliphatic rings. The van der Waals surface area contributed by atoms with Gasteiger partial charge in [-0.15, -0.1) is 0 Å². The molecular weight excluding hydrogens is 294 g/mol. The van der Waals surface area contributed by atoms with E-state index in [2.05, 4.69) is 5.32 Å². The van der Waals surface area contributed by atoms with Crippen molar-refractivity contribution in [2.75, 3.05) is 26.2 Å². The van der Waals surface area contributed by atoms with Gasteiger partial charge in [-0.3, -0.25) is 0 Å². The second kappa shape index (κ2) is 7.93. The van der Waals surface area contributed by atoms with Crippen molar-refractivity contribution in [2.24, 2.45) is 0 Å². The lowest BCUT2D eigenvalue weighted by molar-refractivity contribution is 0.0479. The molecule has 2 amide bonds. The topological polar surface area (TPSA) is 61.8 Å². The number of carbonyl (C=O) groups excluding carboxylic acids is 1. The maximum Gasteiger partial charge on any atom is 0.317 e. The zero-order valence-corrected chi connectivity index (χ0v) is 13.0. The monoisotopic (exact) mass is 316 g/mol. The molecule has 5 nitrogen and oxygen atoms in total. The van der Waals surface area contributed by atoms with E-state index in [4.69, 9.17) is 4.74 Å². The maximum absolute atomic E-state index is 13.3. The van der Waals surface area contributed by atoms with E-state index in [-0.39, 0.29) is 31.5 Å². The Kier molecular flexibility index (Phi) is 6.55. The normalized spacial score (nSPS) is 11.2. The van der Waals surface area contributed by atoms with Crippen molar-refractivity contribution >= 4 is 6.03 Å². The molecule has 1 aromatic carbocycles. The number of hydrogen-bond donors (Lipinski definition) is 2. The Labute approximate surface area is 128 Å². The van der Waals surface area contributed by atoms with Crippen LogP contribution in [0.25, 0.3) is 0 Å². The summed E-state index contributed by atoms with van der Waals surface area (Å²) in [6.45, 7) is 5.89. The number of benzene rings is 1. The van der Waals surface area contributed by atoms with Crippen LogP contribution in [0.2, 0.25) is 0 Å². The lowest BCUT2D eigenvalue weighted by atomic mass is 10.1. The van der Waals surface area contributed by atoms with Crippen molar-refractivity contribution in [3.05, 3.63) is 29.8 Å². The van der Waals surface area contributed by atoms with Gasteiger partial charge < -0.3 is 20.1 Å². The highest BCUT2D eigenvalue weighted by Gasteiger charge is 2.20. The number of rotatable bonds is 7. The number of amides is 2. The number of halogens is 2. The lowest BCUT2D eigenvalue weighted by Crippen LogP contribution is -2.47. The third-order valence-corrected chi connectivity index (χ3v) is 2.78. The van der Waals surface area contributed by atoms with Gasteiger partial charge in [0.15, 0.2) is 11.6 Å². The van der Waals surface area contributed by atoms with Crippen molar-refractivity contribution in [2.45, 2.75) is 26.4 Å². The molecule has 2 N–H and O–H groups in total. The first-order chi connectivity index (χ1) is 10.2. The number of ether oxygens (including phenoxy) is 1. The van der Waals surface area contributed by atoms with E-state index in [1.54, 1.807) is 20.8 Å². The largest absolute Gasteiger partial charge is 0.489 e. The fourth-order valence-corrected chi connectivity index (χ4v) is 1.82. The van der Waals surface area contributed by atoms with Crippen LogP contribution in [0.1, 0.15) is 20.8 Å². The summed E-state index contributed by atoms with van der Waals surface area (Å²) < 4.78 is 31.2. The molecule has 0 radical (unpaired) electrons. The van der Waals surface area contributed by atoms with Gasteiger partial charge in [0.25, 0.3) is 0 Å². The van der Waals surface area contributed by atoms with Gasteiger partial charge in [-0.2, -0.15) is 0 Å². The summed E-state index contributed by atoms with van der Waals surface area (Å²) in [7, 11) is 0. The molecule has 0 atom stereocenters. The number of aliphatic hydroxyl groups is 1. The highest BCUT2D eigenvalue weighted by atomic mass is 19.1. The maximum atomic E-state index is 13.3. The molecule has 0 aliphatic heterocycles. The van der Waals surface area contributed by atoms with Crippen molar-refractivity contribution in [3.63, 3.8) is 0 Å². The van der Waals surface area contributed by atoms with E-state index in [1.807, 2.05) is 0 Å². The first-order valence-corrected chi connectivity index (χ1v) is 7.06. The number of likely N-dealkylation sites (N-methyl/N-ethyl adjacent to an activating group) is 1. The molecule has 22 heavy (non-hydrogen) atoms. The second-order valence-corrected chi connectivity index (χ2v) is 5.48. The van der Waals surface area contributed by atoms with Gasteiger partial charge in [-0.05, 0) is 32.9 Å². The molecule has 124 valence electrons. The standard InChI is InChI=1S/C15H22F2N2O3/c1-4-19(10-15(2,3)21)14(20)18-7-8-22-13-6-5-11(16)9-12(13)17/h5-6,9,21H,4,7-8,10H2,1-3H3,(H,18,20). The van der Waals surface area contributed by atoms with E-state index in [1.165, 1.54) is 11.0 Å². The van der Waals surface area contributed by atoms with E-state index in [0.717, 1.165) is 12.1 Å². The zero-order chi connectivity index (χ0) is 16.8. The average molecular weight is 316 g/mol. The number of urea groups is 1. The fraction of sp³-hybridized carbons (Fsp3) is 0.533. The van der Waals surface area contributed by atoms with Crippen LogP contribution in [0.5, 0.6) is 5.75 Å². The van der Waals surface area contributed by atoms with E-state index < -0.39 is 17.2 Å². The van der Waals surface area contributed by atoms with Gasteiger partial charge >= 0.3 is 6.03 Å². The zero-order valence-electron chi connectivity index (χ0n) is 13.0. The molecule has 0 aliphatic carbocycles. The third kappa shape index (κ3) is 6.26. The van der Waals surface area contributed by atoms with Crippen LogP contribution in [0, 0.1) is 11.6 Å². The van der Waals surface area contributed by atoms with E-state index in [9.17, 15) is 18.7 Å². The van der Waals surface area contributed by atoms with Crippen molar-refractivity contribution < 1.29 is 23.4 Å². The quantitative estimate of drug-likeness (QED) is 0.758. The molecule has 0 spiro atoms. The summed E-state index contributed by atoms with van der Waals surface area (Å²) in [4.78, 5) is 13.4. The Morgan fingerprint density at radius 1 is 1.41 bits per heavy atom. The smallest absolute Gasteiger partial charge is 0.317 e. The average Bonchev–Trinajstić information content (AvgIpc) is 2.41. The molecule has 0 saturated carbocycles. The summed E-state index contributed by atoms with van der Waals surface area (Å²) in [6, 6.07) is 2.68. The van der Waals surface area contributed by atoms with Crippen LogP contribution >= 0.6 is 0 Å². The Balaban J connectivity index is 2.38. The Bertz CT molecular complexity index is 504. The van der Waals surface area contributed by atoms with E-state index in [0.29, 0.717) is 6.54 Å². The molecule has 0 fully saturated rings. The van der Waals surface area contributed by atoms with Gasteiger partial charge in [0, 0.05) is 12.6 Å². The summed E-state index contributed by atoms with van der Waals surface area (Å²) in [5, 5.41) is 12.3. The summed E-state index contributed by atoms with van der Waals surface area (Å²) in [6.07, 6.45) is 0. The first kappa shape index (κ1) is 18.2. The SMILES string of the molecule is CCN(CC(C)(C)O)C(=O)NCCOc1ccc(F)cc1F. The van der Waals surface area contributed by atoms with Crippen LogP contribution in [-0.4, -0.2) is 47.9 Å². The Morgan fingerprint density at radius 3 is 2.64 bits per heavy atom. The summed E-state index contributed by atoms with van der Waals surface area (Å²) in [5.41, 5.74) is -0.985. The number of nitrogens with one attached hydrogen (secondary N) is 1. The predicted octanol–water partition coefficient (Wildman–Crippen LogP) is 2.15. The Morgan fingerprint density at radius 2 is 2.09 bits per heavy atom. The molecule has 0 saturated heterocycles. The van der Waals surface area contributed by atoms with Gasteiger partial charge in [0.05, 0.1) is 18.7 Å². The van der Waals surface area contributed by atoms with Gasteiger partial charge in [-0.25, -0.2) is 13.6 Å². The second-order valence-electron chi connectivity index (χ2n) is 5.48. The van der Waals surface area contributed by atoms with Crippen LogP contribution in [0.3, 0.4) is 0 Å². The van der Waals surface area contributed by atoms with Crippen LogP contribution < -0.4 is 10.1 Å². The van der Waals surface area contributed by atoms with Crippen molar-refractivity contribution in [1.82, 2.24) is 10.2 Å². The number of carbonyl (C=O) groups is 1. The van der Waals surface area contributed by atoms with Gasteiger partial charge in [0.2, 0.25) is 0 Å².